The third-order valence-corrected chi connectivity index (χ3v) is 3.81. The summed E-state index contributed by atoms with van der Waals surface area (Å²) in [6.45, 7) is 3.21. The largest absolute Gasteiger partial charge is 0.362 e. The smallest absolute Gasteiger partial charge is 0.245 e. The van der Waals surface area contributed by atoms with Crippen molar-refractivity contribution >= 4 is 17.4 Å². The molecule has 0 unspecified atom stereocenters. The number of nitrogens with one attached hydrogen (secondary N) is 1. The molecular formula is C16H20N4O. The van der Waals surface area contributed by atoms with E-state index in [1.165, 1.54) is 11.3 Å². The second-order valence-corrected chi connectivity index (χ2v) is 5.50. The average molecular weight is 284 g/mol. The van der Waals surface area contributed by atoms with Crippen LogP contribution in [-0.2, 0) is 18.3 Å². The Balaban J connectivity index is 1.70. The second kappa shape index (κ2) is 5.60. The number of hydrogen-bond acceptors (Lipinski definition) is 3. The lowest BCUT2D eigenvalue weighted by Gasteiger charge is -2.30. The van der Waals surface area contributed by atoms with Gasteiger partial charge >= 0.3 is 0 Å². The molecule has 2 heterocycles. The Morgan fingerprint density at radius 1 is 1.38 bits per heavy atom. The molecule has 1 aliphatic heterocycles. The number of benzene rings is 1. The van der Waals surface area contributed by atoms with Crippen molar-refractivity contribution in [3.8, 4) is 0 Å². The van der Waals surface area contributed by atoms with Gasteiger partial charge in [-0.15, -0.1) is 0 Å². The number of para-hydroxylation sites is 1. The molecule has 0 fully saturated rings. The third-order valence-electron chi connectivity index (χ3n) is 3.81. The van der Waals surface area contributed by atoms with Crippen LogP contribution in [0.3, 0.4) is 0 Å². The number of fused-ring (bicyclic) bond motifs is 1. The minimum atomic E-state index is -0.00490. The highest BCUT2D eigenvalue weighted by atomic mass is 16.2. The number of anilines is 2. The lowest BCUT2D eigenvalue weighted by atomic mass is 10.0. The van der Waals surface area contributed by atoms with Crippen LogP contribution in [0.4, 0.5) is 11.5 Å². The maximum atomic E-state index is 12.3. The summed E-state index contributed by atoms with van der Waals surface area (Å²) in [5.41, 5.74) is 3.41. The monoisotopic (exact) mass is 284 g/mol. The van der Waals surface area contributed by atoms with Crippen molar-refractivity contribution in [1.82, 2.24) is 9.78 Å². The number of carbonyl (C=O) groups is 1. The Morgan fingerprint density at radius 3 is 2.95 bits per heavy atom. The van der Waals surface area contributed by atoms with Gasteiger partial charge in [-0.2, -0.15) is 5.10 Å². The zero-order valence-corrected chi connectivity index (χ0v) is 12.5. The first-order valence-electron chi connectivity index (χ1n) is 7.27. The van der Waals surface area contributed by atoms with E-state index >= 15 is 0 Å². The molecule has 0 spiro atoms. The number of aryl methyl sites for hydroxylation is 3. The fourth-order valence-electron chi connectivity index (χ4n) is 2.86. The van der Waals surface area contributed by atoms with Crippen molar-refractivity contribution in [2.75, 3.05) is 23.3 Å². The lowest BCUT2D eigenvalue weighted by Crippen LogP contribution is -2.37. The van der Waals surface area contributed by atoms with Crippen molar-refractivity contribution < 1.29 is 4.79 Å². The first kappa shape index (κ1) is 13.7. The molecule has 3 rings (SSSR count). The zero-order valence-electron chi connectivity index (χ0n) is 12.5. The van der Waals surface area contributed by atoms with E-state index in [-0.39, 0.29) is 5.91 Å². The molecule has 1 N–H and O–H groups in total. The first-order valence-corrected chi connectivity index (χ1v) is 7.27. The number of nitrogens with zero attached hydrogens (tertiary/aromatic N) is 3. The van der Waals surface area contributed by atoms with Gasteiger partial charge in [0.25, 0.3) is 0 Å². The summed E-state index contributed by atoms with van der Waals surface area (Å²) in [5, 5.41) is 7.16. The molecule has 0 bridgehead atoms. The van der Waals surface area contributed by atoms with Gasteiger partial charge in [0, 0.05) is 25.3 Å². The fraction of sp³-hybridized carbons (Fsp3) is 0.375. The standard InChI is InChI=1S/C16H20N4O/c1-12-10-15(19(2)18-12)17-16(21)11-20-9-5-7-13-6-3-4-8-14(13)20/h3-4,6,8,10H,5,7,9,11H2,1-2H3,(H,17,21). The Bertz CT molecular complexity index is 662. The van der Waals surface area contributed by atoms with Gasteiger partial charge in [-0.05, 0) is 31.4 Å². The first-order chi connectivity index (χ1) is 10.1. The minimum Gasteiger partial charge on any atom is -0.362 e. The average Bonchev–Trinajstić information content (AvgIpc) is 2.77. The Morgan fingerprint density at radius 2 is 2.19 bits per heavy atom. The molecular weight excluding hydrogens is 264 g/mol. The molecule has 2 aromatic rings. The summed E-state index contributed by atoms with van der Waals surface area (Å²) in [6.07, 6.45) is 2.18. The minimum absolute atomic E-state index is 0.00490. The van der Waals surface area contributed by atoms with Crippen molar-refractivity contribution in [3.63, 3.8) is 0 Å². The van der Waals surface area contributed by atoms with Crippen LogP contribution >= 0.6 is 0 Å². The van der Waals surface area contributed by atoms with Gasteiger partial charge in [0.15, 0.2) is 0 Å². The summed E-state index contributed by atoms with van der Waals surface area (Å²) in [5.74, 6) is 0.734. The highest BCUT2D eigenvalue weighted by molar-refractivity contribution is 5.93. The highest BCUT2D eigenvalue weighted by Crippen LogP contribution is 2.26. The van der Waals surface area contributed by atoms with Gasteiger partial charge in [0.05, 0.1) is 12.2 Å². The maximum absolute atomic E-state index is 12.3. The van der Waals surface area contributed by atoms with Crippen molar-refractivity contribution in [2.45, 2.75) is 19.8 Å². The predicted molar refractivity (Wildman–Crippen MR) is 83.6 cm³/mol. The van der Waals surface area contributed by atoms with Crippen LogP contribution in [0.1, 0.15) is 17.7 Å². The van der Waals surface area contributed by atoms with E-state index in [1.54, 1.807) is 4.68 Å². The van der Waals surface area contributed by atoms with Gasteiger partial charge in [-0.3, -0.25) is 9.48 Å². The summed E-state index contributed by atoms with van der Waals surface area (Å²) < 4.78 is 1.69. The van der Waals surface area contributed by atoms with E-state index in [1.807, 2.05) is 26.1 Å². The van der Waals surface area contributed by atoms with E-state index in [2.05, 4.69) is 33.5 Å². The molecule has 0 aliphatic carbocycles. The van der Waals surface area contributed by atoms with Crippen molar-refractivity contribution in [2.24, 2.45) is 7.05 Å². The summed E-state index contributed by atoms with van der Waals surface area (Å²) in [6, 6.07) is 10.2. The van der Waals surface area contributed by atoms with Crippen molar-refractivity contribution in [1.29, 1.82) is 0 Å². The van der Waals surface area contributed by atoms with Crippen LogP contribution in [-0.4, -0.2) is 28.8 Å². The van der Waals surface area contributed by atoms with E-state index in [0.29, 0.717) is 6.54 Å². The van der Waals surface area contributed by atoms with Gasteiger partial charge in [-0.1, -0.05) is 18.2 Å². The van der Waals surface area contributed by atoms with Gasteiger partial charge in [-0.25, -0.2) is 0 Å². The number of rotatable bonds is 3. The number of carbonyl (C=O) groups excluding carboxylic acids is 1. The third kappa shape index (κ3) is 2.91. The van der Waals surface area contributed by atoms with Crippen LogP contribution in [0.25, 0.3) is 0 Å². The van der Waals surface area contributed by atoms with E-state index < -0.39 is 0 Å². The quantitative estimate of drug-likeness (QED) is 0.939. The van der Waals surface area contributed by atoms with Gasteiger partial charge in [0.1, 0.15) is 5.82 Å². The van der Waals surface area contributed by atoms with Gasteiger partial charge in [0.2, 0.25) is 5.91 Å². The molecule has 1 aromatic heterocycles. The molecule has 5 nitrogen and oxygen atoms in total. The van der Waals surface area contributed by atoms with E-state index in [9.17, 15) is 4.79 Å². The van der Waals surface area contributed by atoms with Crippen LogP contribution in [0, 0.1) is 6.92 Å². The van der Waals surface area contributed by atoms with Gasteiger partial charge < -0.3 is 10.2 Å². The summed E-state index contributed by atoms with van der Waals surface area (Å²) in [7, 11) is 1.83. The Labute approximate surface area is 124 Å². The molecule has 1 amide bonds. The molecule has 0 saturated heterocycles. The molecule has 0 saturated carbocycles. The maximum Gasteiger partial charge on any atom is 0.245 e. The van der Waals surface area contributed by atoms with Crippen LogP contribution in [0.2, 0.25) is 0 Å². The van der Waals surface area contributed by atoms with Crippen molar-refractivity contribution in [3.05, 3.63) is 41.6 Å². The number of amides is 1. The number of aromatic nitrogens is 2. The lowest BCUT2D eigenvalue weighted by molar-refractivity contribution is -0.115. The SMILES string of the molecule is Cc1cc(NC(=O)CN2CCCc3ccccc32)n(C)n1. The summed E-state index contributed by atoms with van der Waals surface area (Å²) >= 11 is 0. The molecule has 0 atom stereocenters. The van der Waals surface area contributed by atoms with Crippen LogP contribution in [0.5, 0.6) is 0 Å². The zero-order chi connectivity index (χ0) is 14.8. The molecule has 5 heteroatoms. The second-order valence-electron chi connectivity index (χ2n) is 5.50. The Hall–Kier alpha value is -2.30. The topological polar surface area (TPSA) is 50.2 Å². The van der Waals surface area contributed by atoms with Crippen LogP contribution in [0.15, 0.2) is 30.3 Å². The predicted octanol–water partition coefficient (Wildman–Crippen LogP) is 2.12. The highest BCUT2D eigenvalue weighted by Gasteiger charge is 2.19. The molecule has 1 aliphatic rings. The van der Waals surface area contributed by atoms with E-state index in [4.69, 9.17) is 0 Å². The van der Waals surface area contributed by atoms with E-state index in [0.717, 1.165) is 30.9 Å². The summed E-state index contributed by atoms with van der Waals surface area (Å²) in [4.78, 5) is 14.4. The molecule has 0 radical (unpaired) electrons. The molecule has 1 aromatic carbocycles. The fourth-order valence-corrected chi connectivity index (χ4v) is 2.86. The normalized spacial score (nSPS) is 13.9. The number of hydrogen-bond donors (Lipinski definition) is 1. The molecule has 21 heavy (non-hydrogen) atoms. The Kier molecular flexibility index (Phi) is 3.64. The van der Waals surface area contributed by atoms with Crippen LogP contribution < -0.4 is 10.2 Å². The molecule has 110 valence electrons.